The molecule has 74 valence electrons. The average molecular weight is 189 g/mol. The molecule has 1 aromatic heterocycles. The van der Waals surface area contributed by atoms with Crippen molar-refractivity contribution >= 4 is 0 Å². The molecule has 0 aliphatic carbocycles. The van der Waals surface area contributed by atoms with Gasteiger partial charge >= 0.3 is 0 Å². The van der Waals surface area contributed by atoms with Gasteiger partial charge in [-0.25, -0.2) is 0 Å². The highest BCUT2D eigenvalue weighted by molar-refractivity contribution is 5.29. The van der Waals surface area contributed by atoms with E-state index in [1.54, 1.807) is 18.3 Å². The van der Waals surface area contributed by atoms with Gasteiger partial charge < -0.3 is 5.73 Å². The van der Waals surface area contributed by atoms with Crippen molar-refractivity contribution in [2.75, 3.05) is 0 Å². The Kier molecular flexibility index (Phi) is 4.09. The Hall–Kier alpha value is -1.40. The number of unbranched alkanes of at least 4 members (excludes halogenated alkanes) is 1. The van der Waals surface area contributed by atoms with E-state index < -0.39 is 0 Å². The molecule has 1 atom stereocenters. The molecule has 0 aliphatic heterocycles. The van der Waals surface area contributed by atoms with Gasteiger partial charge in [0.15, 0.2) is 0 Å². The minimum Gasteiger partial charge on any atom is -0.323 e. The zero-order valence-electron chi connectivity index (χ0n) is 8.40. The predicted octanol–water partition coefficient (Wildman–Crippen LogP) is 2.14. The molecular formula is C11H15N3. The van der Waals surface area contributed by atoms with Crippen LogP contribution in [0.1, 0.15) is 43.5 Å². The summed E-state index contributed by atoms with van der Waals surface area (Å²) < 4.78 is 0. The number of pyridine rings is 1. The smallest absolute Gasteiger partial charge is 0.0992 e. The first-order chi connectivity index (χ1) is 6.77. The van der Waals surface area contributed by atoms with Gasteiger partial charge in [-0.1, -0.05) is 19.8 Å². The maximum atomic E-state index is 8.70. The summed E-state index contributed by atoms with van der Waals surface area (Å²) in [6.45, 7) is 2.13. The second-order valence-electron chi connectivity index (χ2n) is 3.33. The summed E-state index contributed by atoms with van der Waals surface area (Å²) in [7, 11) is 0. The van der Waals surface area contributed by atoms with E-state index in [1.165, 1.54) is 0 Å². The van der Waals surface area contributed by atoms with Crippen LogP contribution in [-0.4, -0.2) is 4.98 Å². The minimum absolute atomic E-state index is 0.0387. The SMILES string of the molecule is CCCC[C@@H](N)c1cc(C#N)ccn1. The van der Waals surface area contributed by atoms with Crippen molar-refractivity contribution in [3.05, 3.63) is 29.6 Å². The molecule has 0 saturated heterocycles. The molecular weight excluding hydrogens is 174 g/mol. The fourth-order valence-corrected chi connectivity index (χ4v) is 1.29. The Morgan fingerprint density at radius 2 is 2.43 bits per heavy atom. The van der Waals surface area contributed by atoms with E-state index in [1.807, 2.05) is 0 Å². The summed E-state index contributed by atoms with van der Waals surface area (Å²) >= 11 is 0. The van der Waals surface area contributed by atoms with Crippen LogP contribution < -0.4 is 5.73 Å². The molecule has 3 heteroatoms. The first kappa shape index (κ1) is 10.7. The van der Waals surface area contributed by atoms with Gasteiger partial charge in [0, 0.05) is 12.2 Å². The van der Waals surface area contributed by atoms with Gasteiger partial charge in [0.2, 0.25) is 0 Å². The van der Waals surface area contributed by atoms with Crippen LogP contribution in [0.3, 0.4) is 0 Å². The van der Waals surface area contributed by atoms with Crippen LogP contribution in [-0.2, 0) is 0 Å². The number of aromatic nitrogens is 1. The molecule has 1 rings (SSSR count). The molecule has 0 spiro atoms. The molecule has 0 aromatic carbocycles. The first-order valence-corrected chi connectivity index (χ1v) is 4.89. The number of nitriles is 1. The first-order valence-electron chi connectivity index (χ1n) is 4.89. The number of nitrogens with zero attached hydrogens (tertiary/aromatic N) is 2. The van der Waals surface area contributed by atoms with Crippen molar-refractivity contribution in [2.45, 2.75) is 32.2 Å². The molecule has 0 amide bonds. The average Bonchev–Trinajstić information content (AvgIpc) is 2.26. The molecule has 2 N–H and O–H groups in total. The van der Waals surface area contributed by atoms with E-state index in [0.29, 0.717) is 5.56 Å². The van der Waals surface area contributed by atoms with Crippen LogP contribution in [0, 0.1) is 11.3 Å². The van der Waals surface area contributed by atoms with Crippen LogP contribution in [0.5, 0.6) is 0 Å². The second-order valence-corrected chi connectivity index (χ2v) is 3.33. The van der Waals surface area contributed by atoms with Crippen LogP contribution in [0.4, 0.5) is 0 Å². The van der Waals surface area contributed by atoms with Crippen LogP contribution >= 0.6 is 0 Å². The minimum atomic E-state index is -0.0387. The van der Waals surface area contributed by atoms with E-state index in [0.717, 1.165) is 25.0 Å². The molecule has 3 nitrogen and oxygen atoms in total. The van der Waals surface area contributed by atoms with Gasteiger partial charge in [-0.05, 0) is 18.6 Å². The third-order valence-corrected chi connectivity index (χ3v) is 2.16. The molecule has 0 radical (unpaired) electrons. The summed E-state index contributed by atoms with van der Waals surface area (Å²) in [5, 5.41) is 8.70. The highest BCUT2D eigenvalue weighted by atomic mass is 14.8. The molecule has 0 unspecified atom stereocenters. The van der Waals surface area contributed by atoms with Gasteiger partial charge in [-0.15, -0.1) is 0 Å². The van der Waals surface area contributed by atoms with Crippen molar-refractivity contribution in [1.29, 1.82) is 5.26 Å². The van der Waals surface area contributed by atoms with Crippen molar-refractivity contribution in [3.8, 4) is 6.07 Å². The van der Waals surface area contributed by atoms with E-state index in [4.69, 9.17) is 11.0 Å². The van der Waals surface area contributed by atoms with Crippen molar-refractivity contribution in [1.82, 2.24) is 4.98 Å². The van der Waals surface area contributed by atoms with Crippen molar-refractivity contribution < 1.29 is 0 Å². The third kappa shape index (κ3) is 2.82. The maximum Gasteiger partial charge on any atom is 0.0992 e. The monoisotopic (exact) mass is 189 g/mol. The van der Waals surface area contributed by atoms with Gasteiger partial charge in [0.25, 0.3) is 0 Å². The highest BCUT2D eigenvalue weighted by Gasteiger charge is 2.06. The van der Waals surface area contributed by atoms with Crippen LogP contribution in [0.25, 0.3) is 0 Å². The molecule has 0 aliphatic rings. The fourth-order valence-electron chi connectivity index (χ4n) is 1.29. The van der Waals surface area contributed by atoms with Crippen LogP contribution in [0.2, 0.25) is 0 Å². The Labute approximate surface area is 84.6 Å². The Morgan fingerprint density at radius 1 is 1.64 bits per heavy atom. The molecule has 1 aromatic rings. The van der Waals surface area contributed by atoms with Gasteiger partial charge in [-0.3, -0.25) is 4.98 Å². The lowest BCUT2D eigenvalue weighted by atomic mass is 10.1. The lowest BCUT2D eigenvalue weighted by Crippen LogP contribution is -2.11. The zero-order valence-corrected chi connectivity index (χ0v) is 8.40. The third-order valence-electron chi connectivity index (χ3n) is 2.16. The number of hydrogen-bond donors (Lipinski definition) is 1. The molecule has 0 saturated carbocycles. The largest absolute Gasteiger partial charge is 0.323 e. The maximum absolute atomic E-state index is 8.70. The van der Waals surface area contributed by atoms with Crippen LogP contribution in [0.15, 0.2) is 18.3 Å². The Balaban J connectivity index is 2.70. The summed E-state index contributed by atoms with van der Waals surface area (Å²) in [5.74, 6) is 0. The topological polar surface area (TPSA) is 62.7 Å². The van der Waals surface area contributed by atoms with E-state index in [9.17, 15) is 0 Å². The quantitative estimate of drug-likeness (QED) is 0.789. The van der Waals surface area contributed by atoms with E-state index >= 15 is 0 Å². The summed E-state index contributed by atoms with van der Waals surface area (Å²) in [4.78, 5) is 4.16. The number of rotatable bonds is 4. The lowest BCUT2D eigenvalue weighted by Gasteiger charge is -2.09. The Bertz CT molecular complexity index is 328. The molecule has 1 heterocycles. The van der Waals surface area contributed by atoms with E-state index in [2.05, 4.69) is 18.0 Å². The fraction of sp³-hybridized carbons (Fsp3) is 0.455. The standard InChI is InChI=1S/C11H15N3/c1-2-3-4-10(13)11-7-9(8-12)5-6-14-11/h5-7,10H,2-4,13H2,1H3/t10-/m1/s1. The second kappa shape index (κ2) is 5.36. The highest BCUT2D eigenvalue weighted by Crippen LogP contribution is 2.14. The Morgan fingerprint density at radius 3 is 3.07 bits per heavy atom. The lowest BCUT2D eigenvalue weighted by molar-refractivity contribution is 0.590. The van der Waals surface area contributed by atoms with Gasteiger partial charge in [-0.2, -0.15) is 5.26 Å². The summed E-state index contributed by atoms with van der Waals surface area (Å²) in [5.41, 5.74) is 7.38. The van der Waals surface area contributed by atoms with Crippen molar-refractivity contribution in [3.63, 3.8) is 0 Å². The van der Waals surface area contributed by atoms with Gasteiger partial charge in [0.05, 0.1) is 17.3 Å². The molecule has 0 fully saturated rings. The summed E-state index contributed by atoms with van der Waals surface area (Å²) in [6, 6.07) is 5.50. The summed E-state index contributed by atoms with van der Waals surface area (Å²) in [6.07, 6.45) is 4.79. The van der Waals surface area contributed by atoms with Gasteiger partial charge in [0.1, 0.15) is 0 Å². The molecule has 14 heavy (non-hydrogen) atoms. The van der Waals surface area contributed by atoms with E-state index in [-0.39, 0.29) is 6.04 Å². The number of nitrogens with two attached hydrogens (primary N) is 1. The normalized spacial score (nSPS) is 12.1. The molecule has 0 bridgehead atoms. The predicted molar refractivity (Wildman–Crippen MR) is 55.4 cm³/mol. The number of hydrogen-bond acceptors (Lipinski definition) is 3. The zero-order chi connectivity index (χ0) is 10.4. The van der Waals surface area contributed by atoms with Crippen molar-refractivity contribution in [2.24, 2.45) is 5.73 Å².